The first kappa shape index (κ1) is 14.9. The summed E-state index contributed by atoms with van der Waals surface area (Å²) in [5.41, 5.74) is 1.40. The van der Waals surface area contributed by atoms with E-state index in [9.17, 15) is 4.79 Å². The van der Waals surface area contributed by atoms with E-state index in [-0.39, 0.29) is 11.5 Å². The van der Waals surface area contributed by atoms with Crippen LogP contribution in [-0.4, -0.2) is 42.6 Å². The maximum absolute atomic E-state index is 12.7. The van der Waals surface area contributed by atoms with Gasteiger partial charge in [0.25, 0.3) is 5.91 Å². The summed E-state index contributed by atoms with van der Waals surface area (Å²) < 4.78 is 5.67. The molecule has 1 heterocycles. The zero-order valence-corrected chi connectivity index (χ0v) is 12.6. The monoisotopic (exact) mass is 276 g/mol. The maximum atomic E-state index is 12.7. The van der Waals surface area contributed by atoms with Gasteiger partial charge in [0.05, 0.1) is 17.8 Å². The number of morpholine rings is 1. The third-order valence-electron chi connectivity index (χ3n) is 3.44. The molecule has 0 radical (unpaired) electrons. The molecule has 0 aliphatic carbocycles. The number of hydrogen-bond acceptors (Lipinski definition) is 3. The highest BCUT2D eigenvalue weighted by Crippen LogP contribution is 2.22. The normalized spacial score (nSPS) is 17.9. The number of carbonyl (C=O) groups excluding carboxylic acids is 1. The second-order valence-corrected chi connectivity index (χ2v) is 5.81. The molecule has 0 spiro atoms. The second kappa shape index (κ2) is 6.27. The Morgan fingerprint density at radius 3 is 2.85 bits per heavy atom. The van der Waals surface area contributed by atoms with Crippen molar-refractivity contribution in [2.45, 2.75) is 32.8 Å². The van der Waals surface area contributed by atoms with E-state index >= 15 is 0 Å². The Labute approximate surface area is 121 Å². The molecule has 1 amide bonds. The molecule has 1 saturated heterocycles. The Kier molecular flexibility index (Phi) is 4.65. The van der Waals surface area contributed by atoms with Gasteiger partial charge in [0, 0.05) is 25.3 Å². The molecule has 0 bridgehead atoms. The van der Waals surface area contributed by atoms with Gasteiger partial charge in [-0.2, -0.15) is 0 Å². The van der Waals surface area contributed by atoms with Crippen LogP contribution in [0.5, 0.6) is 0 Å². The van der Waals surface area contributed by atoms with Crippen molar-refractivity contribution in [2.75, 3.05) is 31.6 Å². The topological polar surface area (TPSA) is 41.6 Å². The molecule has 1 aliphatic rings. The summed E-state index contributed by atoms with van der Waals surface area (Å²) in [6.07, 6.45) is 1.03. The number of carbonyl (C=O) groups is 1. The summed E-state index contributed by atoms with van der Waals surface area (Å²) in [6.45, 7) is 8.92. The van der Waals surface area contributed by atoms with E-state index in [4.69, 9.17) is 4.74 Å². The molecule has 0 saturated carbocycles. The van der Waals surface area contributed by atoms with Gasteiger partial charge < -0.3 is 15.0 Å². The summed E-state index contributed by atoms with van der Waals surface area (Å²) >= 11 is 0. The smallest absolute Gasteiger partial charge is 0.256 e. The summed E-state index contributed by atoms with van der Waals surface area (Å²) in [7, 11) is 0. The minimum absolute atomic E-state index is 0.0839. The van der Waals surface area contributed by atoms with Gasteiger partial charge in [-0.25, -0.2) is 0 Å². The van der Waals surface area contributed by atoms with Crippen LogP contribution in [0.15, 0.2) is 24.3 Å². The van der Waals surface area contributed by atoms with Crippen molar-refractivity contribution in [3.05, 3.63) is 29.8 Å². The largest absolute Gasteiger partial charge is 0.384 e. The van der Waals surface area contributed by atoms with Gasteiger partial charge in [0.2, 0.25) is 0 Å². The number of nitrogens with one attached hydrogen (secondary N) is 1. The molecule has 1 aliphatic heterocycles. The zero-order valence-electron chi connectivity index (χ0n) is 12.6. The molecule has 1 aromatic carbocycles. The Bertz CT molecular complexity index is 471. The van der Waals surface area contributed by atoms with Crippen LogP contribution in [0.25, 0.3) is 0 Å². The predicted molar refractivity (Wildman–Crippen MR) is 81.2 cm³/mol. The number of amides is 1. The van der Waals surface area contributed by atoms with Crippen molar-refractivity contribution in [1.82, 2.24) is 4.90 Å². The van der Waals surface area contributed by atoms with Gasteiger partial charge in [-0.05, 0) is 32.4 Å². The van der Waals surface area contributed by atoms with Gasteiger partial charge in [0.1, 0.15) is 0 Å². The lowest BCUT2D eigenvalue weighted by molar-refractivity contribution is -0.0763. The van der Waals surface area contributed by atoms with E-state index in [0.717, 1.165) is 24.2 Å². The number of benzene rings is 1. The Balaban J connectivity index is 2.16. The van der Waals surface area contributed by atoms with Crippen LogP contribution in [0.4, 0.5) is 5.69 Å². The summed E-state index contributed by atoms with van der Waals surface area (Å²) in [6, 6.07) is 7.73. The number of nitrogens with zero attached hydrogens (tertiary/aromatic N) is 1. The van der Waals surface area contributed by atoms with Crippen LogP contribution in [0.3, 0.4) is 0 Å². The summed E-state index contributed by atoms with van der Waals surface area (Å²) in [5.74, 6) is 0.0839. The highest BCUT2D eigenvalue weighted by atomic mass is 16.5. The SMILES string of the molecule is CCCNc1ccccc1C(=O)N1CCOC(C)(C)C1. The predicted octanol–water partition coefficient (Wildman–Crippen LogP) is 2.76. The molecule has 2 rings (SSSR count). The van der Waals surface area contributed by atoms with Crippen molar-refractivity contribution in [1.29, 1.82) is 0 Å². The van der Waals surface area contributed by atoms with E-state index in [1.54, 1.807) is 0 Å². The number of rotatable bonds is 4. The quantitative estimate of drug-likeness (QED) is 0.919. The molecular weight excluding hydrogens is 252 g/mol. The number of hydrogen-bond donors (Lipinski definition) is 1. The van der Waals surface area contributed by atoms with Crippen molar-refractivity contribution in [2.24, 2.45) is 0 Å². The van der Waals surface area contributed by atoms with E-state index in [1.807, 2.05) is 43.0 Å². The van der Waals surface area contributed by atoms with Gasteiger partial charge in [-0.1, -0.05) is 19.1 Å². The molecule has 0 aromatic heterocycles. The summed E-state index contributed by atoms with van der Waals surface area (Å²) in [4.78, 5) is 14.6. The Hall–Kier alpha value is -1.55. The molecule has 1 aromatic rings. The van der Waals surface area contributed by atoms with Crippen molar-refractivity contribution >= 4 is 11.6 Å². The van der Waals surface area contributed by atoms with Gasteiger partial charge in [-0.15, -0.1) is 0 Å². The van der Waals surface area contributed by atoms with Crippen LogP contribution in [-0.2, 0) is 4.74 Å². The minimum atomic E-state index is -0.264. The van der Waals surface area contributed by atoms with E-state index in [2.05, 4.69) is 12.2 Å². The second-order valence-electron chi connectivity index (χ2n) is 5.81. The lowest BCUT2D eigenvalue weighted by Gasteiger charge is -2.38. The fourth-order valence-corrected chi connectivity index (χ4v) is 2.44. The molecule has 110 valence electrons. The molecule has 20 heavy (non-hydrogen) atoms. The fourth-order valence-electron chi connectivity index (χ4n) is 2.44. The Morgan fingerprint density at radius 2 is 2.15 bits per heavy atom. The minimum Gasteiger partial charge on any atom is -0.384 e. The zero-order chi connectivity index (χ0) is 14.6. The number of para-hydroxylation sites is 1. The molecule has 4 nitrogen and oxygen atoms in total. The van der Waals surface area contributed by atoms with Crippen LogP contribution in [0.2, 0.25) is 0 Å². The molecular formula is C16H24N2O2. The van der Waals surface area contributed by atoms with Gasteiger partial charge in [-0.3, -0.25) is 4.79 Å². The first-order chi connectivity index (χ1) is 9.53. The first-order valence-corrected chi connectivity index (χ1v) is 7.29. The van der Waals surface area contributed by atoms with Crippen LogP contribution < -0.4 is 5.32 Å². The Morgan fingerprint density at radius 1 is 1.40 bits per heavy atom. The van der Waals surface area contributed by atoms with Crippen LogP contribution in [0.1, 0.15) is 37.6 Å². The lowest BCUT2D eigenvalue weighted by Crippen LogP contribution is -2.50. The summed E-state index contributed by atoms with van der Waals surface area (Å²) in [5, 5.41) is 3.32. The van der Waals surface area contributed by atoms with Gasteiger partial charge in [0.15, 0.2) is 0 Å². The maximum Gasteiger partial charge on any atom is 0.256 e. The molecule has 1 fully saturated rings. The first-order valence-electron chi connectivity index (χ1n) is 7.29. The standard InChI is InChI=1S/C16H24N2O2/c1-4-9-17-14-8-6-5-7-13(14)15(19)18-10-11-20-16(2,3)12-18/h5-8,17H,4,9-12H2,1-3H3. The fraction of sp³-hybridized carbons (Fsp3) is 0.562. The highest BCUT2D eigenvalue weighted by Gasteiger charge is 2.31. The number of anilines is 1. The third-order valence-corrected chi connectivity index (χ3v) is 3.44. The van der Waals surface area contributed by atoms with E-state index in [1.165, 1.54) is 0 Å². The molecule has 1 N–H and O–H groups in total. The highest BCUT2D eigenvalue weighted by molar-refractivity contribution is 5.99. The number of ether oxygens (including phenoxy) is 1. The van der Waals surface area contributed by atoms with E-state index in [0.29, 0.717) is 19.7 Å². The average molecular weight is 276 g/mol. The molecule has 4 heteroatoms. The average Bonchev–Trinajstić information content (AvgIpc) is 2.43. The third kappa shape index (κ3) is 3.51. The van der Waals surface area contributed by atoms with Crippen molar-refractivity contribution in [3.8, 4) is 0 Å². The van der Waals surface area contributed by atoms with E-state index < -0.39 is 0 Å². The van der Waals surface area contributed by atoms with Crippen molar-refractivity contribution < 1.29 is 9.53 Å². The van der Waals surface area contributed by atoms with Crippen LogP contribution >= 0.6 is 0 Å². The molecule has 0 unspecified atom stereocenters. The van der Waals surface area contributed by atoms with Crippen molar-refractivity contribution in [3.63, 3.8) is 0 Å². The van der Waals surface area contributed by atoms with Gasteiger partial charge >= 0.3 is 0 Å². The lowest BCUT2D eigenvalue weighted by atomic mass is 10.1. The van der Waals surface area contributed by atoms with Crippen LogP contribution in [0, 0.1) is 0 Å². The molecule has 0 atom stereocenters.